The van der Waals surface area contributed by atoms with Gasteiger partial charge >= 0.3 is 0 Å². The van der Waals surface area contributed by atoms with Crippen molar-refractivity contribution in [2.75, 3.05) is 24.5 Å². The van der Waals surface area contributed by atoms with Gasteiger partial charge in [-0.05, 0) is 68.7 Å². The molecule has 4 rings (SSSR count). The number of carbonyl (C=O) groups is 1. The quantitative estimate of drug-likeness (QED) is 0.726. The van der Waals surface area contributed by atoms with Crippen molar-refractivity contribution in [1.82, 2.24) is 15.1 Å². The van der Waals surface area contributed by atoms with Crippen molar-refractivity contribution in [3.05, 3.63) is 70.9 Å². The van der Waals surface area contributed by atoms with Crippen molar-refractivity contribution in [3.63, 3.8) is 0 Å². The first-order chi connectivity index (χ1) is 13.9. The Balaban J connectivity index is 1.47. The highest BCUT2D eigenvalue weighted by Gasteiger charge is 2.28. The van der Waals surface area contributed by atoms with Crippen molar-refractivity contribution in [1.29, 1.82) is 0 Å². The molecule has 2 heterocycles. The lowest BCUT2D eigenvalue weighted by Crippen LogP contribution is -2.53. The number of benzene rings is 2. The van der Waals surface area contributed by atoms with Crippen molar-refractivity contribution >= 4 is 11.6 Å². The number of aryl methyl sites for hydroxylation is 3. The van der Waals surface area contributed by atoms with E-state index in [9.17, 15) is 4.79 Å². The van der Waals surface area contributed by atoms with Gasteiger partial charge < -0.3 is 9.80 Å². The van der Waals surface area contributed by atoms with Gasteiger partial charge in [-0.2, -0.15) is 5.10 Å². The molecule has 0 radical (unpaired) electrons. The van der Waals surface area contributed by atoms with E-state index in [2.05, 4.69) is 85.3 Å². The number of piperazine rings is 1. The maximum absolute atomic E-state index is 13.0. The van der Waals surface area contributed by atoms with Crippen LogP contribution in [0.25, 0.3) is 11.3 Å². The van der Waals surface area contributed by atoms with Crippen LogP contribution in [-0.2, 0) is 0 Å². The highest BCUT2D eigenvalue weighted by atomic mass is 16.2. The van der Waals surface area contributed by atoms with Crippen LogP contribution in [0.1, 0.15) is 34.1 Å². The number of aromatic nitrogens is 2. The second kappa shape index (κ2) is 7.74. The van der Waals surface area contributed by atoms with E-state index in [0.29, 0.717) is 18.8 Å². The van der Waals surface area contributed by atoms with Gasteiger partial charge in [0.1, 0.15) is 5.69 Å². The fourth-order valence-corrected chi connectivity index (χ4v) is 3.98. The third-order valence-corrected chi connectivity index (χ3v) is 5.86. The molecule has 1 amide bonds. The molecule has 0 unspecified atom stereocenters. The van der Waals surface area contributed by atoms with E-state index in [-0.39, 0.29) is 11.9 Å². The minimum Gasteiger partial charge on any atom is -0.365 e. The number of amides is 1. The number of aromatic amines is 1. The van der Waals surface area contributed by atoms with Gasteiger partial charge in [-0.25, -0.2) is 0 Å². The van der Waals surface area contributed by atoms with E-state index in [1.54, 1.807) is 0 Å². The SMILES string of the molecule is Cc1cccc(N2CCN(C(=O)c3cc(-c4ccc(C)c(C)c4)n[nH]3)C[C@H]2C)c1. The Hall–Kier alpha value is -3.08. The van der Waals surface area contributed by atoms with E-state index in [1.165, 1.54) is 22.4 Å². The zero-order chi connectivity index (χ0) is 20.5. The topological polar surface area (TPSA) is 52.2 Å². The van der Waals surface area contributed by atoms with Crippen LogP contribution in [0.4, 0.5) is 5.69 Å². The van der Waals surface area contributed by atoms with Gasteiger partial charge in [0, 0.05) is 36.9 Å². The summed E-state index contributed by atoms with van der Waals surface area (Å²) in [5, 5.41) is 7.33. The summed E-state index contributed by atoms with van der Waals surface area (Å²) in [6, 6.07) is 16.9. The molecule has 150 valence electrons. The minimum absolute atomic E-state index is 0.0170. The molecule has 0 bridgehead atoms. The minimum atomic E-state index is 0.0170. The molecule has 1 aliphatic rings. The van der Waals surface area contributed by atoms with Crippen LogP contribution in [0.15, 0.2) is 48.5 Å². The molecule has 0 spiro atoms. The van der Waals surface area contributed by atoms with Crippen molar-refractivity contribution in [2.24, 2.45) is 0 Å². The maximum atomic E-state index is 13.0. The van der Waals surface area contributed by atoms with Crippen LogP contribution < -0.4 is 4.90 Å². The Morgan fingerprint density at radius 3 is 2.59 bits per heavy atom. The number of rotatable bonds is 3. The van der Waals surface area contributed by atoms with Crippen LogP contribution >= 0.6 is 0 Å². The smallest absolute Gasteiger partial charge is 0.272 e. The van der Waals surface area contributed by atoms with Gasteiger partial charge in [0.15, 0.2) is 0 Å². The highest BCUT2D eigenvalue weighted by Crippen LogP contribution is 2.24. The van der Waals surface area contributed by atoms with Crippen LogP contribution in [0.2, 0.25) is 0 Å². The van der Waals surface area contributed by atoms with Gasteiger partial charge in [-0.15, -0.1) is 0 Å². The van der Waals surface area contributed by atoms with Gasteiger partial charge in [0.2, 0.25) is 0 Å². The Morgan fingerprint density at radius 1 is 1.03 bits per heavy atom. The predicted molar refractivity (Wildman–Crippen MR) is 117 cm³/mol. The number of nitrogens with one attached hydrogen (secondary N) is 1. The van der Waals surface area contributed by atoms with Crippen molar-refractivity contribution < 1.29 is 4.79 Å². The van der Waals surface area contributed by atoms with Crippen LogP contribution in [-0.4, -0.2) is 46.7 Å². The molecule has 1 N–H and O–H groups in total. The number of nitrogens with zero attached hydrogens (tertiary/aromatic N) is 3. The summed E-state index contributed by atoms with van der Waals surface area (Å²) in [7, 11) is 0. The largest absolute Gasteiger partial charge is 0.365 e. The molecule has 1 aromatic heterocycles. The zero-order valence-electron chi connectivity index (χ0n) is 17.6. The van der Waals surface area contributed by atoms with Crippen LogP contribution in [0.5, 0.6) is 0 Å². The van der Waals surface area contributed by atoms with Crippen molar-refractivity contribution in [2.45, 2.75) is 33.7 Å². The lowest BCUT2D eigenvalue weighted by molar-refractivity contribution is 0.0720. The van der Waals surface area contributed by atoms with E-state index in [1.807, 2.05) is 11.0 Å². The van der Waals surface area contributed by atoms with Gasteiger partial charge in [-0.3, -0.25) is 9.89 Å². The first-order valence-corrected chi connectivity index (χ1v) is 10.2. The number of anilines is 1. The average molecular weight is 389 g/mol. The molecule has 5 nitrogen and oxygen atoms in total. The van der Waals surface area contributed by atoms with Crippen LogP contribution in [0, 0.1) is 20.8 Å². The van der Waals surface area contributed by atoms with E-state index in [4.69, 9.17) is 0 Å². The normalized spacial score (nSPS) is 16.9. The fraction of sp³-hybridized carbons (Fsp3) is 0.333. The van der Waals surface area contributed by atoms with Gasteiger partial charge in [0.25, 0.3) is 5.91 Å². The summed E-state index contributed by atoms with van der Waals surface area (Å²) in [5.74, 6) is 0.0170. The standard InChI is InChI=1S/C24H28N4O/c1-16-6-5-7-21(12-16)28-11-10-27(15-19(28)4)24(29)23-14-22(25-26-23)20-9-8-17(2)18(3)13-20/h5-9,12-14,19H,10-11,15H2,1-4H3,(H,25,26)/t19-/m1/s1. The van der Waals surface area contributed by atoms with E-state index in [0.717, 1.165) is 17.8 Å². The number of carbonyl (C=O) groups excluding carboxylic acids is 1. The maximum Gasteiger partial charge on any atom is 0.272 e. The third-order valence-electron chi connectivity index (χ3n) is 5.86. The lowest BCUT2D eigenvalue weighted by atomic mass is 10.0. The monoisotopic (exact) mass is 388 g/mol. The summed E-state index contributed by atoms with van der Waals surface area (Å²) in [5.41, 5.74) is 7.34. The molecule has 1 aliphatic heterocycles. The molecule has 29 heavy (non-hydrogen) atoms. The summed E-state index contributed by atoms with van der Waals surface area (Å²) >= 11 is 0. The van der Waals surface area contributed by atoms with Crippen molar-refractivity contribution in [3.8, 4) is 11.3 Å². The van der Waals surface area contributed by atoms with E-state index < -0.39 is 0 Å². The van der Waals surface area contributed by atoms with Gasteiger partial charge in [-0.1, -0.05) is 24.3 Å². The lowest BCUT2D eigenvalue weighted by Gasteiger charge is -2.41. The molecule has 1 atom stereocenters. The molecular weight excluding hydrogens is 360 g/mol. The third kappa shape index (κ3) is 3.90. The average Bonchev–Trinajstić information content (AvgIpc) is 3.19. The first kappa shape index (κ1) is 19.2. The Morgan fingerprint density at radius 2 is 1.86 bits per heavy atom. The molecule has 1 saturated heterocycles. The summed E-state index contributed by atoms with van der Waals surface area (Å²) in [6.07, 6.45) is 0. The predicted octanol–water partition coefficient (Wildman–Crippen LogP) is 4.35. The molecule has 1 fully saturated rings. The van der Waals surface area contributed by atoms with Crippen LogP contribution in [0.3, 0.4) is 0 Å². The molecule has 0 saturated carbocycles. The molecule has 3 aromatic rings. The number of hydrogen-bond donors (Lipinski definition) is 1. The van der Waals surface area contributed by atoms with E-state index >= 15 is 0 Å². The summed E-state index contributed by atoms with van der Waals surface area (Å²) in [4.78, 5) is 17.3. The Bertz CT molecular complexity index is 1040. The zero-order valence-corrected chi connectivity index (χ0v) is 17.6. The first-order valence-electron chi connectivity index (χ1n) is 10.2. The second-order valence-corrected chi connectivity index (χ2v) is 8.10. The van der Waals surface area contributed by atoms with Gasteiger partial charge in [0.05, 0.1) is 5.69 Å². The Labute approximate surface area is 172 Å². The highest BCUT2D eigenvalue weighted by molar-refractivity contribution is 5.93. The summed E-state index contributed by atoms with van der Waals surface area (Å²) < 4.78 is 0. The second-order valence-electron chi connectivity index (χ2n) is 8.10. The summed E-state index contributed by atoms with van der Waals surface area (Å²) in [6.45, 7) is 10.7. The molecule has 2 aromatic carbocycles. The molecular formula is C24H28N4O. The Kier molecular flexibility index (Phi) is 5.14. The molecule has 5 heteroatoms. The number of hydrogen-bond acceptors (Lipinski definition) is 3. The fourth-order valence-electron chi connectivity index (χ4n) is 3.98. The number of H-pyrrole nitrogens is 1. The molecule has 0 aliphatic carbocycles.